The van der Waals surface area contributed by atoms with Crippen molar-refractivity contribution in [3.05, 3.63) is 55.7 Å². The molecule has 2 amide bonds. The van der Waals surface area contributed by atoms with E-state index in [1.54, 1.807) is 0 Å². The van der Waals surface area contributed by atoms with Gasteiger partial charge in [-0.15, -0.1) is 69.6 Å². The van der Waals surface area contributed by atoms with Crippen molar-refractivity contribution >= 4 is 101 Å². The van der Waals surface area contributed by atoms with Crippen LogP contribution in [-0.2, 0) is 14.2 Å². The van der Waals surface area contributed by atoms with Crippen LogP contribution in [0, 0.1) is 7.14 Å². The van der Waals surface area contributed by atoms with Gasteiger partial charge >= 0.3 is 29.1 Å². The Bertz CT molecular complexity index is 974. The SMILES string of the molecule is CC(=O)Nc1ccc([I+]c2ccc(NC(C)=O)cc2)cc1.Cl[C@H]1[C@H](Cl)[C@@H](Cl)[C@@H](Cl)[C@H](Cl)[C@H]1Cl.O=P([O-])(O)F. The molecule has 1 aliphatic rings. The highest BCUT2D eigenvalue weighted by molar-refractivity contribution is 7.44. The number of carbonyl (C=O) groups is 2. The van der Waals surface area contributed by atoms with Crippen molar-refractivity contribution in [2.45, 2.75) is 46.1 Å². The average molecular weight is 785 g/mol. The number of hydrogen-bond donors (Lipinski definition) is 3. The minimum Gasteiger partial charge on any atom is -0.753 e. The standard InChI is InChI=1S/C16H15IN2O2.C6H6Cl6.FH2O3P/c1-11(20)18-15-7-3-13(4-8-15)17-14-5-9-16(10-6-14)19-12(2)21;7-1-2(8)4(10)6(12)5(11)3(1)9;1-5(2,3)4/h3-10H,1-2H3,(H-,18,19,20,21);1-6H;(H2,2,3,4)/t;1-,2-,3-,4+,5+,6+;. The fourth-order valence-electron chi connectivity index (χ4n) is 2.78. The predicted molar refractivity (Wildman–Crippen MR) is 148 cm³/mol. The van der Waals surface area contributed by atoms with Gasteiger partial charge in [-0.25, -0.2) is 0 Å². The van der Waals surface area contributed by atoms with Crippen LogP contribution in [-0.4, -0.2) is 49.0 Å². The molecule has 38 heavy (non-hydrogen) atoms. The minimum atomic E-state index is -5.39. The molecular weight excluding hydrogens is 762 g/mol. The van der Waals surface area contributed by atoms with E-state index in [0.29, 0.717) is 0 Å². The molecule has 2 aromatic carbocycles. The number of alkyl halides is 6. The maximum atomic E-state index is 11.0. The van der Waals surface area contributed by atoms with Crippen molar-refractivity contribution in [1.29, 1.82) is 0 Å². The lowest BCUT2D eigenvalue weighted by Crippen LogP contribution is -3.61. The van der Waals surface area contributed by atoms with Gasteiger partial charge in [0.25, 0.3) is 0 Å². The summed E-state index contributed by atoms with van der Waals surface area (Å²) in [4.78, 5) is 37.3. The van der Waals surface area contributed by atoms with Gasteiger partial charge in [-0.05, 0) is 48.5 Å². The highest BCUT2D eigenvalue weighted by Crippen LogP contribution is 2.39. The summed E-state index contributed by atoms with van der Waals surface area (Å²) in [6.07, 6.45) is 0. The summed E-state index contributed by atoms with van der Waals surface area (Å²) in [5.74, 6) is -0.128. The maximum absolute atomic E-state index is 11.0. The quantitative estimate of drug-likeness (QED) is 0.251. The van der Waals surface area contributed by atoms with Crippen LogP contribution in [0.5, 0.6) is 0 Å². The van der Waals surface area contributed by atoms with Crippen LogP contribution in [0.3, 0.4) is 0 Å². The maximum Gasteiger partial charge on any atom is 0.357 e. The molecule has 7 nitrogen and oxygen atoms in total. The highest BCUT2D eigenvalue weighted by Gasteiger charge is 2.46. The number of hydrogen-bond acceptors (Lipinski definition) is 4. The molecule has 0 saturated heterocycles. The lowest BCUT2D eigenvalue weighted by molar-refractivity contribution is -0.597. The summed E-state index contributed by atoms with van der Waals surface area (Å²) in [6, 6.07) is 15.8. The third-order valence-electron chi connectivity index (χ3n) is 4.37. The third kappa shape index (κ3) is 14.0. The largest absolute Gasteiger partial charge is 0.753 e. The van der Waals surface area contributed by atoms with E-state index in [9.17, 15) is 13.8 Å². The van der Waals surface area contributed by atoms with E-state index in [0.717, 1.165) is 11.4 Å². The Labute approximate surface area is 260 Å². The summed E-state index contributed by atoms with van der Waals surface area (Å²) in [7, 11) is -5.39. The molecule has 3 N–H and O–H groups in total. The normalized spacial score (nSPS) is 25.9. The van der Waals surface area contributed by atoms with Crippen molar-refractivity contribution < 1.29 is 49.3 Å². The second kappa shape index (κ2) is 17.0. The van der Waals surface area contributed by atoms with E-state index < -0.39 is 40.2 Å². The van der Waals surface area contributed by atoms with Gasteiger partial charge in [0.1, 0.15) is 0 Å². The Hall–Kier alpha value is -0.0700. The lowest BCUT2D eigenvalue weighted by Gasteiger charge is -2.37. The van der Waals surface area contributed by atoms with E-state index in [-0.39, 0.29) is 33.0 Å². The second-order valence-electron chi connectivity index (χ2n) is 7.59. The van der Waals surface area contributed by atoms with Crippen LogP contribution in [0.25, 0.3) is 0 Å². The Morgan fingerprint density at radius 1 is 0.737 bits per heavy atom. The summed E-state index contributed by atoms with van der Waals surface area (Å²) >= 11 is 35.0. The number of nitrogens with one attached hydrogen (secondary N) is 2. The molecular formula is C22H23Cl6FIN2O5P. The smallest absolute Gasteiger partial charge is 0.357 e. The molecule has 1 unspecified atom stereocenters. The topological polar surface area (TPSA) is 119 Å². The van der Waals surface area contributed by atoms with Crippen molar-refractivity contribution in [2.24, 2.45) is 0 Å². The Balaban J connectivity index is 0.000000357. The molecule has 212 valence electrons. The highest BCUT2D eigenvalue weighted by atomic mass is 127. The summed E-state index contributed by atoms with van der Waals surface area (Å²) in [5, 5.41) is 2.89. The van der Waals surface area contributed by atoms with Crippen LogP contribution in [0.15, 0.2) is 48.5 Å². The fraction of sp³-hybridized carbons (Fsp3) is 0.364. The van der Waals surface area contributed by atoms with Crippen molar-refractivity contribution in [3.63, 3.8) is 0 Å². The minimum absolute atomic E-state index is 0.0639. The average Bonchev–Trinajstić information content (AvgIpc) is 2.81. The number of amides is 2. The zero-order valence-electron chi connectivity index (χ0n) is 19.6. The first-order valence-corrected chi connectivity index (χ1v) is 16.7. The molecule has 0 bridgehead atoms. The van der Waals surface area contributed by atoms with Crippen LogP contribution >= 0.6 is 77.5 Å². The van der Waals surface area contributed by atoms with Gasteiger partial charge in [0, 0.05) is 25.2 Å². The van der Waals surface area contributed by atoms with Crippen molar-refractivity contribution in [2.75, 3.05) is 10.6 Å². The molecule has 16 heteroatoms. The number of halogens is 8. The first-order chi connectivity index (χ1) is 17.5. The molecule has 0 aliphatic heterocycles. The van der Waals surface area contributed by atoms with Gasteiger partial charge in [0.2, 0.25) is 11.8 Å². The van der Waals surface area contributed by atoms with Crippen molar-refractivity contribution in [3.8, 4) is 0 Å². The van der Waals surface area contributed by atoms with Gasteiger partial charge in [0.05, 0.1) is 32.3 Å². The van der Waals surface area contributed by atoms with E-state index in [1.165, 1.54) is 21.0 Å². The van der Waals surface area contributed by atoms with Crippen LogP contribution < -0.4 is 36.7 Å². The Kier molecular flexibility index (Phi) is 16.1. The molecule has 2 aromatic rings. The summed E-state index contributed by atoms with van der Waals surface area (Å²) in [6.45, 7) is 2.99. The number of benzene rings is 2. The molecule has 0 radical (unpaired) electrons. The molecule has 1 saturated carbocycles. The third-order valence-corrected chi connectivity index (χ3v) is 11.1. The zero-order valence-corrected chi connectivity index (χ0v) is 27.2. The Morgan fingerprint density at radius 2 is 0.947 bits per heavy atom. The van der Waals surface area contributed by atoms with Gasteiger partial charge in [-0.1, -0.05) is 0 Å². The molecule has 0 aromatic heterocycles. The number of anilines is 2. The monoisotopic (exact) mass is 782 g/mol. The van der Waals surface area contributed by atoms with Crippen LogP contribution in [0.1, 0.15) is 13.8 Å². The molecule has 3 rings (SSSR count). The molecule has 1 fully saturated rings. The van der Waals surface area contributed by atoms with Crippen molar-refractivity contribution in [1.82, 2.24) is 0 Å². The molecule has 0 spiro atoms. The first-order valence-electron chi connectivity index (χ1n) is 10.5. The molecule has 1 aliphatic carbocycles. The molecule has 0 heterocycles. The van der Waals surface area contributed by atoms with Crippen LogP contribution in [0.4, 0.5) is 15.6 Å². The zero-order chi connectivity index (χ0) is 29.2. The van der Waals surface area contributed by atoms with Gasteiger partial charge < -0.3 is 20.4 Å². The van der Waals surface area contributed by atoms with E-state index in [4.69, 9.17) is 84.0 Å². The lowest BCUT2D eigenvalue weighted by atomic mass is 9.97. The van der Waals surface area contributed by atoms with Crippen LogP contribution in [0.2, 0.25) is 0 Å². The summed E-state index contributed by atoms with van der Waals surface area (Å²) < 4.78 is 21.3. The van der Waals surface area contributed by atoms with Gasteiger partial charge in [-0.3, -0.25) is 14.2 Å². The number of rotatable bonds is 4. The predicted octanol–water partition coefficient (Wildman–Crippen LogP) is 2.79. The van der Waals surface area contributed by atoms with E-state index >= 15 is 0 Å². The fourth-order valence-corrected chi connectivity index (χ4v) is 7.26. The number of carbonyl (C=O) groups excluding carboxylic acids is 2. The second-order valence-corrected chi connectivity index (χ2v) is 14.5. The Morgan fingerprint density at radius 3 is 1.13 bits per heavy atom. The first kappa shape index (κ1) is 36.0. The molecule has 1 atom stereocenters. The van der Waals surface area contributed by atoms with Gasteiger partial charge in [-0.2, -0.15) is 4.20 Å². The summed E-state index contributed by atoms with van der Waals surface area (Å²) in [5.41, 5.74) is 1.63. The van der Waals surface area contributed by atoms with Gasteiger partial charge in [0.15, 0.2) is 7.14 Å². The van der Waals surface area contributed by atoms with E-state index in [1.807, 2.05) is 48.5 Å². The van der Waals surface area contributed by atoms with E-state index in [2.05, 4.69) is 10.6 Å².